The molecule has 0 unspecified atom stereocenters. The van der Waals surface area contributed by atoms with Crippen LogP contribution in [0.4, 0.5) is 4.39 Å². The Morgan fingerprint density at radius 2 is 1.88 bits per heavy atom. The summed E-state index contributed by atoms with van der Waals surface area (Å²) in [4.78, 5) is 0. The van der Waals surface area contributed by atoms with E-state index >= 15 is 0 Å². The van der Waals surface area contributed by atoms with Gasteiger partial charge in [0.15, 0.2) is 0 Å². The number of fused-ring (bicyclic) bond motifs is 1. The average molecular weight is 220 g/mol. The predicted molar refractivity (Wildman–Crippen MR) is 64.2 cm³/mol. The molecule has 2 aromatic rings. The van der Waals surface area contributed by atoms with Crippen molar-refractivity contribution in [2.45, 2.75) is 39.7 Å². The van der Waals surface area contributed by atoms with Crippen molar-refractivity contribution >= 4 is 10.9 Å². The van der Waals surface area contributed by atoms with Gasteiger partial charge in [0.2, 0.25) is 0 Å². The Bertz CT molecular complexity index is 512. The Morgan fingerprint density at radius 3 is 2.44 bits per heavy atom. The molecule has 0 amide bonds. The SMILES string of the molecule is CC(C)c1cc(F)cc2cnn(C(C)C)c12. The van der Waals surface area contributed by atoms with E-state index < -0.39 is 0 Å². The average Bonchev–Trinajstić information content (AvgIpc) is 2.59. The van der Waals surface area contributed by atoms with Crippen molar-refractivity contribution in [3.05, 3.63) is 29.7 Å². The smallest absolute Gasteiger partial charge is 0.124 e. The minimum atomic E-state index is -0.181. The first kappa shape index (κ1) is 11.1. The third-order valence-corrected chi connectivity index (χ3v) is 2.80. The highest BCUT2D eigenvalue weighted by Crippen LogP contribution is 2.28. The summed E-state index contributed by atoms with van der Waals surface area (Å²) in [7, 11) is 0. The molecule has 0 N–H and O–H groups in total. The molecule has 0 saturated carbocycles. The lowest BCUT2D eigenvalue weighted by Gasteiger charge is -2.13. The maximum absolute atomic E-state index is 13.4. The Morgan fingerprint density at radius 1 is 1.19 bits per heavy atom. The number of nitrogens with zero attached hydrogens (tertiary/aromatic N) is 2. The summed E-state index contributed by atoms with van der Waals surface area (Å²) < 4.78 is 15.4. The van der Waals surface area contributed by atoms with E-state index in [0.717, 1.165) is 16.5 Å². The van der Waals surface area contributed by atoms with Crippen molar-refractivity contribution in [3.8, 4) is 0 Å². The summed E-state index contributed by atoms with van der Waals surface area (Å²) >= 11 is 0. The molecule has 0 radical (unpaired) electrons. The van der Waals surface area contributed by atoms with Gasteiger partial charge in [0.1, 0.15) is 5.82 Å². The van der Waals surface area contributed by atoms with Gasteiger partial charge < -0.3 is 0 Å². The Hall–Kier alpha value is -1.38. The summed E-state index contributed by atoms with van der Waals surface area (Å²) in [5, 5.41) is 5.22. The van der Waals surface area contributed by atoms with E-state index in [0.29, 0.717) is 12.0 Å². The van der Waals surface area contributed by atoms with Gasteiger partial charge in [0, 0.05) is 11.4 Å². The number of aromatic nitrogens is 2. The Balaban J connectivity index is 2.79. The number of rotatable bonds is 2. The van der Waals surface area contributed by atoms with Crippen LogP contribution in [-0.4, -0.2) is 9.78 Å². The van der Waals surface area contributed by atoms with Crippen LogP contribution in [0.1, 0.15) is 45.2 Å². The van der Waals surface area contributed by atoms with E-state index in [1.54, 1.807) is 18.3 Å². The van der Waals surface area contributed by atoms with Crippen LogP contribution in [0.15, 0.2) is 18.3 Å². The van der Waals surface area contributed by atoms with Gasteiger partial charge in [0.25, 0.3) is 0 Å². The zero-order chi connectivity index (χ0) is 11.9. The Kier molecular flexibility index (Phi) is 2.70. The highest BCUT2D eigenvalue weighted by Gasteiger charge is 2.14. The standard InChI is InChI=1S/C13H17FN2/c1-8(2)12-6-11(14)5-10-7-15-16(9(3)4)13(10)12/h5-9H,1-4H3. The second-order valence-corrected chi connectivity index (χ2v) is 4.77. The molecule has 16 heavy (non-hydrogen) atoms. The maximum atomic E-state index is 13.4. The highest BCUT2D eigenvalue weighted by molar-refractivity contribution is 5.82. The van der Waals surface area contributed by atoms with Crippen LogP contribution >= 0.6 is 0 Å². The molecule has 0 atom stereocenters. The van der Waals surface area contributed by atoms with Crippen molar-refractivity contribution in [1.82, 2.24) is 9.78 Å². The topological polar surface area (TPSA) is 17.8 Å². The molecule has 2 nitrogen and oxygen atoms in total. The number of hydrogen-bond donors (Lipinski definition) is 0. The first-order valence-corrected chi connectivity index (χ1v) is 5.67. The lowest BCUT2D eigenvalue weighted by atomic mass is 10.00. The van der Waals surface area contributed by atoms with Gasteiger partial charge in [-0.3, -0.25) is 4.68 Å². The van der Waals surface area contributed by atoms with Crippen molar-refractivity contribution < 1.29 is 4.39 Å². The van der Waals surface area contributed by atoms with Crippen LogP contribution in [0.3, 0.4) is 0 Å². The number of hydrogen-bond acceptors (Lipinski definition) is 1. The third kappa shape index (κ3) is 1.70. The zero-order valence-electron chi connectivity index (χ0n) is 10.2. The van der Waals surface area contributed by atoms with Gasteiger partial charge in [-0.1, -0.05) is 13.8 Å². The number of benzene rings is 1. The fraction of sp³-hybridized carbons (Fsp3) is 0.462. The minimum Gasteiger partial charge on any atom is -0.262 e. The van der Waals surface area contributed by atoms with E-state index in [1.807, 2.05) is 4.68 Å². The molecule has 1 aromatic heterocycles. The molecule has 0 fully saturated rings. The van der Waals surface area contributed by atoms with Crippen LogP contribution in [0, 0.1) is 5.82 Å². The van der Waals surface area contributed by atoms with Gasteiger partial charge >= 0.3 is 0 Å². The van der Waals surface area contributed by atoms with E-state index in [9.17, 15) is 4.39 Å². The van der Waals surface area contributed by atoms with Crippen LogP contribution < -0.4 is 0 Å². The second-order valence-electron chi connectivity index (χ2n) is 4.77. The second kappa shape index (κ2) is 3.89. The van der Waals surface area contributed by atoms with E-state index in [2.05, 4.69) is 32.8 Å². The van der Waals surface area contributed by atoms with Gasteiger partial charge in [-0.05, 0) is 37.5 Å². The van der Waals surface area contributed by atoms with Crippen LogP contribution in [0.5, 0.6) is 0 Å². The van der Waals surface area contributed by atoms with E-state index in [-0.39, 0.29) is 5.82 Å². The largest absolute Gasteiger partial charge is 0.262 e. The zero-order valence-corrected chi connectivity index (χ0v) is 10.2. The van der Waals surface area contributed by atoms with E-state index in [4.69, 9.17) is 0 Å². The normalized spacial score (nSPS) is 11.9. The van der Waals surface area contributed by atoms with Gasteiger partial charge in [-0.25, -0.2) is 4.39 Å². The summed E-state index contributed by atoms with van der Waals surface area (Å²) in [6, 6.07) is 3.46. The molecule has 0 aliphatic rings. The van der Waals surface area contributed by atoms with Crippen LogP contribution in [0.25, 0.3) is 10.9 Å². The molecule has 86 valence electrons. The summed E-state index contributed by atoms with van der Waals surface area (Å²) in [5.41, 5.74) is 2.09. The van der Waals surface area contributed by atoms with Crippen molar-refractivity contribution in [2.75, 3.05) is 0 Å². The quantitative estimate of drug-likeness (QED) is 0.751. The number of halogens is 1. The third-order valence-electron chi connectivity index (χ3n) is 2.80. The van der Waals surface area contributed by atoms with Crippen molar-refractivity contribution in [3.63, 3.8) is 0 Å². The molecule has 1 heterocycles. The van der Waals surface area contributed by atoms with Gasteiger partial charge in [0.05, 0.1) is 11.7 Å². The summed E-state index contributed by atoms with van der Waals surface area (Å²) in [6.45, 7) is 8.32. The summed E-state index contributed by atoms with van der Waals surface area (Å²) in [5.74, 6) is 0.118. The fourth-order valence-electron chi connectivity index (χ4n) is 2.02. The summed E-state index contributed by atoms with van der Waals surface area (Å²) in [6.07, 6.45) is 1.74. The molecule has 3 heteroatoms. The lowest BCUT2D eigenvalue weighted by Crippen LogP contribution is -2.05. The molecule has 2 rings (SSSR count). The first-order chi connectivity index (χ1) is 7.50. The van der Waals surface area contributed by atoms with Gasteiger partial charge in [-0.15, -0.1) is 0 Å². The maximum Gasteiger partial charge on any atom is 0.124 e. The van der Waals surface area contributed by atoms with Crippen molar-refractivity contribution in [1.29, 1.82) is 0 Å². The molecule has 0 aliphatic heterocycles. The molecule has 1 aromatic carbocycles. The molecule has 0 spiro atoms. The minimum absolute atomic E-state index is 0.181. The fourth-order valence-corrected chi connectivity index (χ4v) is 2.02. The highest BCUT2D eigenvalue weighted by atomic mass is 19.1. The van der Waals surface area contributed by atoms with Gasteiger partial charge in [-0.2, -0.15) is 5.10 Å². The van der Waals surface area contributed by atoms with Crippen LogP contribution in [-0.2, 0) is 0 Å². The first-order valence-electron chi connectivity index (χ1n) is 5.67. The lowest BCUT2D eigenvalue weighted by molar-refractivity contribution is 0.547. The van der Waals surface area contributed by atoms with Crippen molar-refractivity contribution in [2.24, 2.45) is 0 Å². The molecule has 0 aliphatic carbocycles. The van der Waals surface area contributed by atoms with E-state index in [1.165, 1.54) is 0 Å². The Labute approximate surface area is 95.1 Å². The monoisotopic (exact) mass is 220 g/mol. The molecular formula is C13H17FN2. The molecular weight excluding hydrogens is 203 g/mol. The van der Waals surface area contributed by atoms with Crippen LogP contribution in [0.2, 0.25) is 0 Å². The molecule has 0 bridgehead atoms. The predicted octanol–water partition coefficient (Wildman–Crippen LogP) is 3.88. The molecule has 0 saturated heterocycles.